The highest BCUT2D eigenvalue weighted by Crippen LogP contribution is 2.29. The number of nitrogens with zero attached hydrogens (tertiary/aromatic N) is 5. The first-order chi connectivity index (χ1) is 15.7. The maximum absolute atomic E-state index is 13.4. The van der Waals surface area contributed by atoms with E-state index in [0.717, 1.165) is 30.8 Å². The number of anilines is 1. The van der Waals surface area contributed by atoms with Crippen LogP contribution in [0.1, 0.15) is 17.0 Å². The van der Waals surface area contributed by atoms with Crippen LogP contribution < -0.4 is 4.90 Å². The molecule has 0 spiro atoms. The first-order valence-electron chi connectivity index (χ1n) is 10.7. The van der Waals surface area contributed by atoms with Crippen molar-refractivity contribution in [3.63, 3.8) is 0 Å². The monoisotopic (exact) mass is 448 g/mol. The van der Waals surface area contributed by atoms with Gasteiger partial charge in [0.25, 0.3) is 5.91 Å². The van der Waals surface area contributed by atoms with Crippen molar-refractivity contribution in [1.29, 1.82) is 0 Å². The topological polar surface area (TPSA) is 78.8 Å². The molecule has 1 saturated heterocycles. The summed E-state index contributed by atoms with van der Waals surface area (Å²) in [6, 6.07) is 17.9. The lowest BCUT2D eigenvalue weighted by molar-refractivity contribution is -0.112. The SMILES string of the molecule is O=C1/C(=N\n2c(CCc3ccccc3)n[nH]c2=S)c2ccccc2N1CN1CCOCC1. The number of para-hydroxylation sites is 1. The number of aryl methyl sites for hydroxylation is 2. The van der Waals surface area contributed by atoms with Crippen molar-refractivity contribution in [2.45, 2.75) is 12.8 Å². The van der Waals surface area contributed by atoms with Gasteiger partial charge in [-0.05, 0) is 30.3 Å². The van der Waals surface area contributed by atoms with Gasteiger partial charge in [0.15, 0.2) is 11.5 Å². The van der Waals surface area contributed by atoms with Crippen molar-refractivity contribution in [3.05, 3.63) is 76.3 Å². The average molecular weight is 449 g/mol. The van der Waals surface area contributed by atoms with E-state index in [4.69, 9.17) is 22.1 Å². The van der Waals surface area contributed by atoms with E-state index in [1.54, 1.807) is 9.58 Å². The average Bonchev–Trinajstić information content (AvgIpc) is 3.31. The van der Waals surface area contributed by atoms with Gasteiger partial charge in [0, 0.05) is 25.1 Å². The van der Waals surface area contributed by atoms with Gasteiger partial charge in [-0.3, -0.25) is 19.7 Å². The summed E-state index contributed by atoms with van der Waals surface area (Å²) >= 11 is 5.43. The predicted octanol–water partition coefficient (Wildman–Crippen LogP) is 2.61. The molecule has 1 fully saturated rings. The molecule has 0 bridgehead atoms. The van der Waals surface area contributed by atoms with E-state index in [1.807, 2.05) is 42.5 Å². The Hall–Kier alpha value is -3.14. The summed E-state index contributed by atoms with van der Waals surface area (Å²) in [7, 11) is 0. The van der Waals surface area contributed by atoms with Gasteiger partial charge in [0.2, 0.25) is 4.77 Å². The number of carbonyl (C=O) groups excluding carboxylic acids is 1. The molecule has 3 heterocycles. The van der Waals surface area contributed by atoms with E-state index >= 15 is 0 Å². The molecule has 0 radical (unpaired) electrons. The molecule has 9 heteroatoms. The molecule has 2 aliphatic rings. The van der Waals surface area contributed by atoms with Gasteiger partial charge in [0.05, 0.1) is 25.6 Å². The largest absolute Gasteiger partial charge is 0.379 e. The highest BCUT2D eigenvalue weighted by Gasteiger charge is 2.35. The summed E-state index contributed by atoms with van der Waals surface area (Å²) in [5, 5.41) is 11.9. The number of aromatic nitrogens is 3. The fourth-order valence-electron chi connectivity index (χ4n) is 4.03. The number of nitrogens with one attached hydrogen (secondary N) is 1. The molecule has 164 valence electrons. The van der Waals surface area contributed by atoms with Crippen LogP contribution in [0.4, 0.5) is 5.69 Å². The molecule has 32 heavy (non-hydrogen) atoms. The molecule has 1 aromatic heterocycles. The summed E-state index contributed by atoms with van der Waals surface area (Å²) in [5.41, 5.74) is 3.26. The summed E-state index contributed by atoms with van der Waals surface area (Å²) in [4.78, 5) is 17.4. The van der Waals surface area contributed by atoms with Crippen molar-refractivity contribution in [2.24, 2.45) is 5.10 Å². The van der Waals surface area contributed by atoms with Crippen molar-refractivity contribution in [1.82, 2.24) is 19.8 Å². The second-order valence-corrected chi connectivity index (χ2v) is 8.20. The van der Waals surface area contributed by atoms with Crippen LogP contribution in [0.2, 0.25) is 0 Å². The Balaban J connectivity index is 1.44. The van der Waals surface area contributed by atoms with Gasteiger partial charge >= 0.3 is 0 Å². The first kappa shape index (κ1) is 20.7. The maximum atomic E-state index is 13.4. The normalized spacial score (nSPS) is 17.8. The fourth-order valence-corrected chi connectivity index (χ4v) is 4.22. The molecule has 8 nitrogen and oxygen atoms in total. The third kappa shape index (κ3) is 4.14. The number of carbonyl (C=O) groups is 1. The molecule has 2 aromatic carbocycles. The standard InChI is InChI=1S/C23H24N6O2S/c30-22-21(18-8-4-5-9-19(18)28(22)16-27-12-14-31-15-13-27)26-29-20(24-25-23(29)32)11-10-17-6-2-1-3-7-17/h1-9H,10-16H2,(H,25,32)/b26-21-. The lowest BCUT2D eigenvalue weighted by Crippen LogP contribution is -2.46. The number of morpholine rings is 1. The summed E-state index contributed by atoms with van der Waals surface area (Å²) < 4.78 is 7.40. The number of amides is 1. The van der Waals surface area contributed by atoms with Crippen molar-refractivity contribution in [2.75, 3.05) is 37.9 Å². The Labute approximate surface area is 191 Å². The fraction of sp³-hybridized carbons (Fsp3) is 0.304. The Morgan fingerprint density at radius 3 is 2.59 bits per heavy atom. The number of fused-ring (bicyclic) bond motifs is 1. The number of ether oxygens (including phenoxy) is 1. The smallest absolute Gasteiger partial charge is 0.280 e. The van der Waals surface area contributed by atoms with E-state index in [1.165, 1.54) is 5.56 Å². The van der Waals surface area contributed by atoms with E-state index in [9.17, 15) is 4.79 Å². The molecule has 1 amide bonds. The van der Waals surface area contributed by atoms with E-state index in [0.29, 0.717) is 42.6 Å². The molecular weight excluding hydrogens is 424 g/mol. The molecule has 0 unspecified atom stereocenters. The molecule has 3 aromatic rings. The van der Waals surface area contributed by atoms with Crippen LogP contribution in [-0.4, -0.2) is 64.4 Å². The van der Waals surface area contributed by atoms with Crippen molar-refractivity contribution < 1.29 is 9.53 Å². The lowest BCUT2D eigenvalue weighted by atomic mass is 10.1. The Kier molecular flexibility index (Phi) is 5.93. The summed E-state index contributed by atoms with van der Waals surface area (Å²) in [6.45, 7) is 3.47. The van der Waals surface area contributed by atoms with Crippen LogP contribution >= 0.6 is 12.2 Å². The predicted molar refractivity (Wildman–Crippen MR) is 124 cm³/mol. The zero-order valence-electron chi connectivity index (χ0n) is 17.6. The molecule has 0 atom stereocenters. The highest BCUT2D eigenvalue weighted by atomic mass is 32.1. The van der Waals surface area contributed by atoms with Gasteiger partial charge in [-0.15, -0.1) is 0 Å². The minimum atomic E-state index is -0.130. The third-order valence-corrected chi connectivity index (χ3v) is 6.00. The Morgan fingerprint density at radius 2 is 1.78 bits per heavy atom. The molecular formula is C23H24N6O2S. The van der Waals surface area contributed by atoms with Gasteiger partial charge in [0.1, 0.15) is 0 Å². The molecule has 2 aliphatic heterocycles. The zero-order chi connectivity index (χ0) is 21.9. The number of hydrogen-bond acceptors (Lipinski definition) is 6. The van der Waals surface area contributed by atoms with Gasteiger partial charge in [-0.25, -0.2) is 0 Å². The minimum Gasteiger partial charge on any atom is -0.379 e. The summed E-state index contributed by atoms with van der Waals surface area (Å²) in [5.74, 6) is 0.568. The number of aromatic amines is 1. The van der Waals surface area contributed by atoms with E-state index in [-0.39, 0.29) is 5.91 Å². The highest BCUT2D eigenvalue weighted by molar-refractivity contribution is 7.71. The molecule has 0 aliphatic carbocycles. The number of benzene rings is 2. The maximum Gasteiger partial charge on any atom is 0.280 e. The van der Waals surface area contributed by atoms with Crippen molar-refractivity contribution in [3.8, 4) is 0 Å². The van der Waals surface area contributed by atoms with Gasteiger partial charge < -0.3 is 4.74 Å². The van der Waals surface area contributed by atoms with Crippen LogP contribution in [0.3, 0.4) is 0 Å². The number of H-pyrrole nitrogens is 1. The third-order valence-electron chi connectivity index (χ3n) is 5.74. The van der Waals surface area contributed by atoms with Crippen LogP contribution in [0.5, 0.6) is 0 Å². The lowest BCUT2D eigenvalue weighted by Gasteiger charge is -2.30. The zero-order valence-corrected chi connectivity index (χ0v) is 18.4. The number of hydrogen-bond donors (Lipinski definition) is 1. The summed E-state index contributed by atoms with van der Waals surface area (Å²) in [6.07, 6.45) is 1.46. The van der Waals surface area contributed by atoms with Crippen LogP contribution in [0, 0.1) is 4.77 Å². The van der Waals surface area contributed by atoms with E-state index in [2.05, 4.69) is 27.2 Å². The Morgan fingerprint density at radius 1 is 1.03 bits per heavy atom. The quantitative estimate of drug-likeness (QED) is 0.587. The van der Waals surface area contributed by atoms with Crippen LogP contribution in [-0.2, 0) is 22.4 Å². The van der Waals surface area contributed by atoms with Gasteiger partial charge in [-0.2, -0.15) is 14.9 Å². The Bertz CT molecular complexity index is 1200. The number of rotatable bonds is 6. The second kappa shape index (κ2) is 9.15. The molecule has 1 N–H and O–H groups in total. The second-order valence-electron chi connectivity index (χ2n) is 7.81. The van der Waals surface area contributed by atoms with Crippen LogP contribution in [0.25, 0.3) is 0 Å². The van der Waals surface area contributed by atoms with Gasteiger partial charge in [-0.1, -0.05) is 48.5 Å². The molecule has 5 rings (SSSR count). The van der Waals surface area contributed by atoms with Crippen LogP contribution in [0.15, 0.2) is 59.7 Å². The minimum absolute atomic E-state index is 0.130. The molecule has 0 saturated carbocycles. The van der Waals surface area contributed by atoms with Crippen molar-refractivity contribution >= 4 is 29.5 Å². The van der Waals surface area contributed by atoms with E-state index < -0.39 is 0 Å². The first-order valence-corrected chi connectivity index (χ1v) is 11.1.